The maximum absolute atomic E-state index is 10.8. The first-order valence-electron chi connectivity index (χ1n) is 3.89. The summed E-state index contributed by atoms with van der Waals surface area (Å²) in [4.78, 5) is 10.8. The summed E-state index contributed by atoms with van der Waals surface area (Å²) in [6.07, 6.45) is 3.54. The van der Waals surface area contributed by atoms with Gasteiger partial charge in [0.1, 0.15) is 0 Å². The monoisotopic (exact) mass is 175 g/mol. The number of hydrogen-bond acceptors (Lipinski definition) is 3. The third-order valence-corrected chi connectivity index (χ3v) is 1.87. The van der Waals surface area contributed by atoms with Gasteiger partial charge >= 0.3 is 0 Å². The van der Waals surface area contributed by atoms with Crippen molar-refractivity contribution < 1.29 is 4.79 Å². The van der Waals surface area contributed by atoms with Crippen molar-refractivity contribution >= 4 is 17.3 Å². The van der Waals surface area contributed by atoms with Gasteiger partial charge in [-0.15, -0.1) is 0 Å². The number of carbonyl (C=O) groups is 1. The Balaban J connectivity index is 2.44. The Morgan fingerprint density at radius 2 is 1.85 bits per heavy atom. The fraction of sp³-hybridized carbons (Fsp3) is 0. The summed E-state index contributed by atoms with van der Waals surface area (Å²) in [6.45, 7) is 0. The minimum absolute atomic E-state index is 0.417. The van der Waals surface area contributed by atoms with E-state index in [0.717, 1.165) is 11.4 Å². The van der Waals surface area contributed by atoms with E-state index in [-0.39, 0.29) is 0 Å². The molecule has 1 aromatic carbocycles. The zero-order chi connectivity index (χ0) is 9.26. The van der Waals surface area contributed by atoms with Gasteiger partial charge in [0.05, 0.1) is 11.4 Å². The number of nitrogens with two attached hydrogens (primary N) is 1. The Labute approximate surface area is 75.4 Å². The molecule has 0 radical (unpaired) electrons. The molecule has 1 amide bonds. The van der Waals surface area contributed by atoms with Crippen LogP contribution in [-0.4, -0.2) is 5.91 Å². The molecule has 1 aliphatic heterocycles. The molecule has 2 rings (SSSR count). The number of hydrogen-bond donors (Lipinski definition) is 3. The van der Waals surface area contributed by atoms with Crippen LogP contribution in [0.4, 0.5) is 11.4 Å². The number of primary amides is 1. The van der Waals surface area contributed by atoms with Crippen LogP contribution in [0.1, 0.15) is 10.4 Å². The first-order chi connectivity index (χ1) is 6.27. The zero-order valence-electron chi connectivity index (χ0n) is 6.87. The van der Waals surface area contributed by atoms with Crippen molar-refractivity contribution in [1.29, 1.82) is 0 Å². The van der Waals surface area contributed by atoms with Crippen LogP contribution in [0.2, 0.25) is 0 Å². The Hall–Kier alpha value is -1.97. The number of fused-ring (bicyclic) bond motifs is 1. The second-order valence-electron chi connectivity index (χ2n) is 2.75. The fourth-order valence-corrected chi connectivity index (χ4v) is 1.21. The lowest BCUT2D eigenvalue weighted by atomic mass is 10.1. The molecule has 0 atom stereocenters. The van der Waals surface area contributed by atoms with Gasteiger partial charge in [-0.3, -0.25) is 4.79 Å². The lowest BCUT2D eigenvalue weighted by Gasteiger charge is -2.14. The molecule has 1 aliphatic rings. The maximum Gasteiger partial charge on any atom is 0.248 e. The van der Waals surface area contributed by atoms with Gasteiger partial charge < -0.3 is 16.4 Å². The van der Waals surface area contributed by atoms with Crippen LogP contribution in [0.25, 0.3) is 0 Å². The highest BCUT2D eigenvalue weighted by Crippen LogP contribution is 2.25. The lowest BCUT2D eigenvalue weighted by molar-refractivity contribution is 0.100. The van der Waals surface area contributed by atoms with Gasteiger partial charge in [-0.25, -0.2) is 0 Å². The van der Waals surface area contributed by atoms with E-state index in [1.54, 1.807) is 24.5 Å². The van der Waals surface area contributed by atoms with Gasteiger partial charge in [0, 0.05) is 18.0 Å². The molecule has 0 aromatic heterocycles. The molecule has 1 heterocycles. The molecule has 0 saturated carbocycles. The van der Waals surface area contributed by atoms with E-state index in [1.807, 2.05) is 6.07 Å². The Kier molecular flexibility index (Phi) is 1.66. The Morgan fingerprint density at radius 3 is 2.54 bits per heavy atom. The van der Waals surface area contributed by atoms with E-state index in [1.165, 1.54) is 0 Å². The molecule has 0 aliphatic carbocycles. The molecular formula is C9H9N3O. The number of benzene rings is 1. The van der Waals surface area contributed by atoms with Crippen LogP contribution in [0, 0.1) is 0 Å². The molecule has 0 fully saturated rings. The zero-order valence-corrected chi connectivity index (χ0v) is 6.87. The number of anilines is 2. The van der Waals surface area contributed by atoms with Crippen molar-refractivity contribution in [2.45, 2.75) is 0 Å². The van der Waals surface area contributed by atoms with Crippen molar-refractivity contribution in [2.24, 2.45) is 5.73 Å². The van der Waals surface area contributed by atoms with Crippen LogP contribution in [0.15, 0.2) is 30.6 Å². The van der Waals surface area contributed by atoms with Crippen LogP contribution in [0.3, 0.4) is 0 Å². The number of nitrogens with one attached hydrogen (secondary N) is 2. The topological polar surface area (TPSA) is 67.2 Å². The van der Waals surface area contributed by atoms with Crippen LogP contribution in [0.5, 0.6) is 0 Å². The first kappa shape index (κ1) is 7.67. The highest BCUT2D eigenvalue weighted by Gasteiger charge is 2.07. The van der Waals surface area contributed by atoms with E-state index in [0.29, 0.717) is 5.56 Å². The summed E-state index contributed by atoms with van der Waals surface area (Å²) in [5.41, 5.74) is 7.44. The van der Waals surface area contributed by atoms with Gasteiger partial charge in [0.2, 0.25) is 5.91 Å². The lowest BCUT2D eigenvalue weighted by Crippen LogP contribution is -2.12. The summed E-state index contributed by atoms with van der Waals surface area (Å²) in [5, 5.41) is 6.04. The van der Waals surface area contributed by atoms with Crippen LogP contribution >= 0.6 is 0 Å². The standard InChI is InChI=1S/C9H9N3O/c10-9(13)6-1-2-7-8(5-6)12-4-3-11-7/h1-5,11-12H,(H2,10,13). The van der Waals surface area contributed by atoms with Gasteiger partial charge in [0.25, 0.3) is 0 Å². The number of carbonyl (C=O) groups excluding carboxylic acids is 1. The number of rotatable bonds is 1. The predicted molar refractivity (Wildman–Crippen MR) is 51.3 cm³/mol. The molecule has 4 N–H and O–H groups in total. The van der Waals surface area contributed by atoms with E-state index < -0.39 is 5.91 Å². The summed E-state index contributed by atoms with van der Waals surface area (Å²) in [7, 11) is 0. The molecule has 66 valence electrons. The molecule has 0 unspecified atom stereocenters. The molecule has 4 heteroatoms. The van der Waals surface area contributed by atoms with Crippen molar-refractivity contribution in [3.63, 3.8) is 0 Å². The first-order valence-corrected chi connectivity index (χ1v) is 3.89. The minimum Gasteiger partial charge on any atom is -0.366 e. The summed E-state index contributed by atoms with van der Waals surface area (Å²) in [6, 6.07) is 5.22. The number of amides is 1. The quantitative estimate of drug-likeness (QED) is 0.598. The average molecular weight is 175 g/mol. The smallest absolute Gasteiger partial charge is 0.248 e. The Bertz CT molecular complexity index is 384. The SMILES string of the molecule is NC(=O)c1ccc2c(c1)NC=CN2. The van der Waals surface area contributed by atoms with E-state index in [2.05, 4.69) is 10.6 Å². The van der Waals surface area contributed by atoms with Gasteiger partial charge in [-0.05, 0) is 18.2 Å². The predicted octanol–water partition coefficient (Wildman–Crippen LogP) is 1.09. The molecular weight excluding hydrogens is 166 g/mol. The molecule has 0 bridgehead atoms. The molecule has 1 aromatic rings. The van der Waals surface area contributed by atoms with Crippen LogP contribution < -0.4 is 16.4 Å². The van der Waals surface area contributed by atoms with Gasteiger partial charge in [-0.2, -0.15) is 0 Å². The second-order valence-corrected chi connectivity index (χ2v) is 2.75. The molecule has 4 nitrogen and oxygen atoms in total. The maximum atomic E-state index is 10.8. The van der Waals surface area contributed by atoms with Crippen molar-refractivity contribution in [1.82, 2.24) is 0 Å². The normalized spacial score (nSPS) is 12.6. The van der Waals surface area contributed by atoms with E-state index >= 15 is 0 Å². The Morgan fingerprint density at radius 1 is 1.15 bits per heavy atom. The summed E-state index contributed by atoms with van der Waals surface area (Å²) >= 11 is 0. The molecule has 0 spiro atoms. The second kappa shape index (κ2) is 2.82. The van der Waals surface area contributed by atoms with E-state index in [4.69, 9.17) is 5.73 Å². The van der Waals surface area contributed by atoms with Crippen molar-refractivity contribution in [2.75, 3.05) is 10.6 Å². The largest absolute Gasteiger partial charge is 0.366 e. The molecule has 0 saturated heterocycles. The highest BCUT2D eigenvalue weighted by molar-refractivity contribution is 5.95. The van der Waals surface area contributed by atoms with Crippen molar-refractivity contribution in [3.8, 4) is 0 Å². The van der Waals surface area contributed by atoms with Gasteiger partial charge in [-0.1, -0.05) is 0 Å². The summed E-state index contributed by atoms with van der Waals surface area (Å²) < 4.78 is 0. The average Bonchev–Trinajstić information content (AvgIpc) is 2.17. The van der Waals surface area contributed by atoms with Gasteiger partial charge in [0.15, 0.2) is 0 Å². The molecule has 13 heavy (non-hydrogen) atoms. The van der Waals surface area contributed by atoms with E-state index in [9.17, 15) is 4.79 Å². The summed E-state index contributed by atoms with van der Waals surface area (Å²) in [5.74, 6) is -0.417. The third kappa shape index (κ3) is 1.33. The van der Waals surface area contributed by atoms with Crippen molar-refractivity contribution in [3.05, 3.63) is 36.2 Å². The fourth-order valence-electron chi connectivity index (χ4n) is 1.21. The third-order valence-electron chi connectivity index (χ3n) is 1.87. The highest BCUT2D eigenvalue weighted by atomic mass is 16.1. The van der Waals surface area contributed by atoms with Crippen LogP contribution in [-0.2, 0) is 0 Å². The minimum atomic E-state index is -0.417.